The van der Waals surface area contributed by atoms with Gasteiger partial charge < -0.3 is 5.32 Å². The van der Waals surface area contributed by atoms with E-state index in [0.717, 1.165) is 40.1 Å². The molecule has 36 heavy (non-hydrogen) atoms. The molecule has 2 aromatic carbocycles. The number of thiophene rings is 1. The minimum absolute atomic E-state index is 0.0471. The zero-order valence-electron chi connectivity index (χ0n) is 20.3. The molecule has 5 rings (SSSR count). The number of nitrogens with one attached hydrogen (secondary N) is 1. The van der Waals surface area contributed by atoms with Crippen molar-refractivity contribution in [3.63, 3.8) is 0 Å². The minimum atomic E-state index is -0.172. The molecule has 3 heterocycles. The molecule has 1 aliphatic rings. The first kappa shape index (κ1) is 24.3. The standard InChI is InChI=1S/C28H28N4O2S2/c1-3-14-29-23(33)16-31-24(34)18-36-27(21-13-15-35-17-21)25-26(20-10-5-4-6-11-20)30-32(28(25)31)22-12-8-7-9-19(22)2/h4-13,15,17,27H,3,14,16,18H2,1-2H3,(H,29,33)/t27-/m0/s1. The lowest BCUT2D eigenvalue weighted by Crippen LogP contribution is -2.42. The van der Waals surface area contributed by atoms with E-state index in [2.05, 4.69) is 22.1 Å². The first-order valence-electron chi connectivity index (χ1n) is 12.0. The van der Waals surface area contributed by atoms with Gasteiger partial charge >= 0.3 is 0 Å². The molecule has 4 aromatic rings. The third kappa shape index (κ3) is 4.70. The summed E-state index contributed by atoms with van der Waals surface area (Å²) in [6.45, 7) is 4.57. The van der Waals surface area contributed by atoms with Crippen molar-refractivity contribution in [3.8, 4) is 16.9 Å². The molecule has 1 atom stereocenters. The fraction of sp³-hybridized carbons (Fsp3) is 0.250. The average molecular weight is 517 g/mol. The van der Waals surface area contributed by atoms with Gasteiger partial charge in [-0.25, -0.2) is 4.68 Å². The number of anilines is 1. The van der Waals surface area contributed by atoms with Crippen molar-refractivity contribution in [2.24, 2.45) is 0 Å². The fourth-order valence-electron chi connectivity index (χ4n) is 4.45. The summed E-state index contributed by atoms with van der Waals surface area (Å²) in [6, 6.07) is 20.2. The number of para-hydroxylation sites is 1. The summed E-state index contributed by atoms with van der Waals surface area (Å²) in [5.74, 6) is 0.674. The molecule has 2 amide bonds. The van der Waals surface area contributed by atoms with E-state index in [1.807, 2.05) is 73.1 Å². The van der Waals surface area contributed by atoms with Crippen LogP contribution in [0.3, 0.4) is 0 Å². The molecule has 0 saturated heterocycles. The molecule has 8 heteroatoms. The van der Waals surface area contributed by atoms with Gasteiger partial charge in [-0.1, -0.05) is 55.5 Å². The fourth-order valence-corrected chi connectivity index (χ4v) is 6.41. The van der Waals surface area contributed by atoms with Gasteiger partial charge in [0.15, 0.2) is 0 Å². The second kappa shape index (κ2) is 10.7. The Morgan fingerprint density at radius 2 is 1.89 bits per heavy atom. The Labute approximate surface area is 219 Å². The van der Waals surface area contributed by atoms with E-state index in [4.69, 9.17) is 5.10 Å². The Kier molecular flexibility index (Phi) is 7.25. The van der Waals surface area contributed by atoms with Crippen LogP contribution in [0.4, 0.5) is 5.82 Å². The highest BCUT2D eigenvalue weighted by Crippen LogP contribution is 2.49. The van der Waals surface area contributed by atoms with Gasteiger partial charge in [0, 0.05) is 17.7 Å². The van der Waals surface area contributed by atoms with Crippen LogP contribution >= 0.6 is 23.1 Å². The number of carbonyl (C=O) groups excluding carboxylic acids is 2. The van der Waals surface area contributed by atoms with Crippen molar-refractivity contribution in [1.29, 1.82) is 0 Å². The molecule has 0 unspecified atom stereocenters. The van der Waals surface area contributed by atoms with E-state index < -0.39 is 0 Å². The number of aromatic nitrogens is 2. The smallest absolute Gasteiger partial charge is 0.240 e. The molecular weight excluding hydrogens is 488 g/mol. The number of thioether (sulfide) groups is 1. The second-order valence-corrected chi connectivity index (χ2v) is 10.6. The van der Waals surface area contributed by atoms with Gasteiger partial charge in [-0.3, -0.25) is 14.5 Å². The zero-order chi connectivity index (χ0) is 25.1. The SMILES string of the molecule is CCCNC(=O)CN1C(=O)CS[C@@H](c2ccsc2)c2c(-c3ccccc3)nn(-c3ccccc3C)c21. The minimum Gasteiger partial charge on any atom is -0.355 e. The quantitative estimate of drug-likeness (QED) is 0.347. The molecule has 0 radical (unpaired) electrons. The maximum atomic E-state index is 13.6. The van der Waals surface area contributed by atoms with Gasteiger partial charge in [0.2, 0.25) is 11.8 Å². The van der Waals surface area contributed by atoms with E-state index in [1.54, 1.807) is 28.0 Å². The Morgan fingerprint density at radius 3 is 2.61 bits per heavy atom. The summed E-state index contributed by atoms with van der Waals surface area (Å²) in [4.78, 5) is 28.1. The van der Waals surface area contributed by atoms with Gasteiger partial charge in [-0.05, 0) is 47.4 Å². The van der Waals surface area contributed by atoms with Gasteiger partial charge in [-0.15, -0.1) is 11.8 Å². The number of aryl methyl sites for hydroxylation is 1. The van der Waals surface area contributed by atoms with Gasteiger partial charge in [0.25, 0.3) is 0 Å². The van der Waals surface area contributed by atoms with E-state index in [0.29, 0.717) is 12.4 Å². The van der Waals surface area contributed by atoms with E-state index in [-0.39, 0.29) is 29.4 Å². The van der Waals surface area contributed by atoms with Crippen LogP contribution in [-0.4, -0.2) is 40.4 Å². The summed E-state index contributed by atoms with van der Waals surface area (Å²) in [5.41, 5.74) is 5.82. The number of rotatable bonds is 7. The van der Waals surface area contributed by atoms with Crippen LogP contribution < -0.4 is 10.2 Å². The second-order valence-electron chi connectivity index (χ2n) is 8.73. The lowest BCUT2D eigenvalue weighted by atomic mass is 10.0. The maximum Gasteiger partial charge on any atom is 0.240 e. The summed E-state index contributed by atoms with van der Waals surface area (Å²) < 4.78 is 1.86. The van der Waals surface area contributed by atoms with Gasteiger partial charge in [0.1, 0.15) is 12.4 Å². The first-order valence-corrected chi connectivity index (χ1v) is 14.0. The number of hydrogen-bond acceptors (Lipinski definition) is 5. The first-order chi connectivity index (χ1) is 17.6. The van der Waals surface area contributed by atoms with Crippen molar-refractivity contribution in [1.82, 2.24) is 15.1 Å². The molecule has 184 valence electrons. The van der Waals surface area contributed by atoms with Crippen LogP contribution in [-0.2, 0) is 9.59 Å². The molecule has 1 aliphatic heterocycles. The molecule has 0 spiro atoms. The number of carbonyl (C=O) groups is 2. The normalized spacial score (nSPS) is 15.4. The Hall–Kier alpha value is -3.36. The molecule has 0 bridgehead atoms. The van der Waals surface area contributed by atoms with Crippen molar-refractivity contribution in [2.45, 2.75) is 25.5 Å². The lowest BCUT2D eigenvalue weighted by molar-refractivity contribution is -0.122. The molecule has 0 fully saturated rings. The number of hydrogen-bond donors (Lipinski definition) is 1. The zero-order valence-corrected chi connectivity index (χ0v) is 21.9. The van der Waals surface area contributed by atoms with Crippen molar-refractivity contribution >= 4 is 40.7 Å². The van der Waals surface area contributed by atoms with Crippen molar-refractivity contribution < 1.29 is 9.59 Å². The molecule has 0 saturated carbocycles. The van der Waals surface area contributed by atoms with Crippen LogP contribution in [0.5, 0.6) is 0 Å². The van der Waals surface area contributed by atoms with Crippen molar-refractivity contribution in [2.75, 3.05) is 23.7 Å². The van der Waals surface area contributed by atoms with Crippen LogP contribution in [0, 0.1) is 6.92 Å². The Bertz CT molecular complexity index is 1370. The highest BCUT2D eigenvalue weighted by atomic mass is 32.2. The number of amides is 2. The van der Waals surface area contributed by atoms with Crippen molar-refractivity contribution in [3.05, 3.63) is 88.1 Å². The third-order valence-corrected chi connectivity index (χ3v) is 8.16. The molecule has 0 aliphatic carbocycles. The van der Waals surface area contributed by atoms with Crippen LogP contribution in [0.15, 0.2) is 71.4 Å². The highest BCUT2D eigenvalue weighted by molar-refractivity contribution is 8.00. The van der Waals surface area contributed by atoms with E-state index >= 15 is 0 Å². The van der Waals surface area contributed by atoms with E-state index in [9.17, 15) is 9.59 Å². The predicted molar refractivity (Wildman–Crippen MR) is 148 cm³/mol. The number of benzene rings is 2. The summed E-state index contributed by atoms with van der Waals surface area (Å²) in [5, 5.41) is 12.2. The van der Waals surface area contributed by atoms with Crippen LogP contribution in [0.2, 0.25) is 0 Å². The van der Waals surface area contributed by atoms with E-state index in [1.165, 1.54) is 0 Å². The Morgan fingerprint density at radius 1 is 1.11 bits per heavy atom. The number of nitrogens with zero attached hydrogens (tertiary/aromatic N) is 3. The summed E-state index contributed by atoms with van der Waals surface area (Å²) in [7, 11) is 0. The van der Waals surface area contributed by atoms with Crippen LogP contribution in [0.25, 0.3) is 16.9 Å². The summed E-state index contributed by atoms with van der Waals surface area (Å²) >= 11 is 3.23. The monoisotopic (exact) mass is 516 g/mol. The molecule has 1 N–H and O–H groups in total. The lowest BCUT2D eigenvalue weighted by Gasteiger charge is -2.23. The average Bonchev–Trinajstić information content (AvgIpc) is 3.53. The number of fused-ring (bicyclic) bond motifs is 1. The van der Waals surface area contributed by atoms with Crippen LogP contribution in [0.1, 0.15) is 35.3 Å². The van der Waals surface area contributed by atoms with Gasteiger partial charge in [0.05, 0.1) is 22.4 Å². The summed E-state index contributed by atoms with van der Waals surface area (Å²) in [6.07, 6.45) is 0.834. The molecular formula is C28H28N4O2S2. The molecule has 2 aromatic heterocycles. The molecule has 6 nitrogen and oxygen atoms in total. The largest absolute Gasteiger partial charge is 0.355 e. The maximum absolute atomic E-state index is 13.6. The Balaban J connectivity index is 1.79. The predicted octanol–water partition coefficient (Wildman–Crippen LogP) is 5.60. The van der Waals surface area contributed by atoms with Gasteiger partial charge in [-0.2, -0.15) is 16.4 Å². The topological polar surface area (TPSA) is 67.2 Å². The highest BCUT2D eigenvalue weighted by Gasteiger charge is 2.37. The third-order valence-electron chi connectivity index (χ3n) is 6.20.